The molecule has 0 aliphatic rings. The van der Waals surface area contributed by atoms with Gasteiger partial charge in [0.1, 0.15) is 0 Å². The smallest absolute Gasteiger partial charge is 0.302 e. The van der Waals surface area contributed by atoms with Crippen molar-refractivity contribution in [3.05, 3.63) is 87.9 Å². The predicted molar refractivity (Wildman–Crippen MR) is 126 cm³/mol. The normalized spacial score (nSPS) is 12.6. The Labute approximate surface area is 199 Å². The zero-order valence-electron chi connectivity index (χ0n) is 16.4. The molecule has 1 N–H and O–H groups in total. The fourth-order valence-corrected chi connectivity index (χ4v) is 6.11. The molecule has 0 amide bonds. The molecule has 0 heterocycles. The summed E-state index contributed by atoms with van der Waals surface area (Å²) in [5.41, 5.74) is 4.05. The van der Waals surface area contributed by atoms with E-state index in [9.17, 15) is 22.4 Å². The van der Waals surface area contributed by atoms with Crippen LogP contribution in [-0.2, 0) is 42.8 Å². The average Bonchev–Trinajstić information content (AvgIpc) is 2.81. The first-order valence-corrected chi connectivity index (χ1v) is 14.0. The predicted octanol–water partition coefficient (Wildman–Crippen LogP) is 7.63. The van der Waals surface area contributed by atoms with Gasteiger partial charge in [0.15, 0.2) is 11.1 Å². The van der Waals surface area contributed by atoms with Gasteiger partial charge < -0.3 is 4.55 Å². The van der Waals surface area contributed by atoms with Gasteiger partial charge in [-0.05, 0) is 43.4 Å². The molecule has 170 valence electrons. The van der Waals surface area contributed by atoms with Gasteiger partial charge in [0, 0.05) is 21.5 Å². The Morgan fingerprint density at radius 2 is 1.59 bits per heavy atom. The molecular formula is C21H18BrF2O5PS2. The van der Waals surface area contributed by atoms with Crippen molar-refractivity contribution in [2.75, 3.05) is 0 Å². The molecule has 3 aromatic rings. The van der Waals surface area contributed by atoms with Crippen LogP contribution in [0.4, 0.5) is 9.05 Å². The van der Waals surface area contributed by atoms with E-state index < -0.39 is 24.8 Å². The Balaban J connectivity index is 1.60. The lowest BCUT2D eigenvalue weighted by atomic mass is 10.0. The largest absolute Gasteiger partial charge is 0.399 e. The SMILES string of the molecule is O=S(O)c1ccccc1-c1ccc(CSCc2ccc(CP(=O)(OF)OF)c(Br)c2)cc1. The van der Waals surface area contributed by atoms with E-state index in [1.807, 2.05) is 36.4 Å². The van der Waals surface area contributed by atoms with Crippen molar-refractivity contribution in [1.29, 1.82) is 0 Å². The molecule has 0 saturated heterocycles. The van der Waals surface area contributed by atoms with E-state index in [4.69, 9.17) is 0 Å². The Morgan fingerprint density at radius 1 is 0.969 bits per heavy atom. The van der Waals surface area contributed by atoms with Crippen LogP contribution in [0.5, 0.6) is 0 Å². The molecular weight excluding hydrogens is 545 g/mol. The zero-order valence-corrected chi connectivity index (χ0v) is 20.6. The number of benzene rings is 3. The summed E-state index contributed by atoms with van der Waals surface area (Å²) in [7, 11) is -4.44. The maximum Gasteiger partial charge on any atom is 0.399 e. The van der Waals surface area contributed by atoms with E-state index in [1.54, 1.807) is 42.1 Å². The van der Waals surface area contributed by atoms with Crippen LogP contribution in [0.3, 0.4) is 0 Å². The molecule has 0 fully saturated rings. The molecule has 0 aliphatic heterocycles. The summed E-state index contributed by atoms with van der Waals surface area (Å²) in [5, 5.41) is 0. The molecule has 0 radical (unpaired) electrons. The second-order valence-electron chi connectivity index (χ2n) is 6.77. The minimum atomic E-state index is -4.44. The lowest BCUT2D eigenvalue weighted by Gasteiger charge is -2.10. The number of thioether (sulfide) groups is 1. The van der Waals surface area contributed by atoms with Crippen LogP contribution < -0.4 is 0 Å². The van der Waals surface area contributed by atoms with Crippen molar-refractivity contribution >= 4 is 46.4 Å². The number of halogens is 3. The van der Waals surface area contributed by atoms with Crippen LogP contribution in [0.25, 0.3) is 11.1 Å². The molecule has 3 rings (SSSR count). The topological polar surface area (TPSA) is 72.8 Å². The highest BCUT2D eigenvalue weighted by molar-refractivity contribution is 9.10. The summed E-state index contributed by atoms with van der Waals surface area (Å²) < 4.78 is 64.0. The van der Waals surface area contributed by atoms with Crippen molar-refractivity contribution < 1.29 is 31.8 Å². The molecule has 5 nitrogen and oxygen atoms in total. The Bertz CT molecular complexity index is 1140. The number of hydrogen-bond donors (Lipinski definition) is 1. The lowest BCUT2D eigenvalue weighted by Crippen LogP contribution is -1.93. The van der Waals surface area contributed by atoms with Gasteiger partial charge in [-0.2, -0.15) is 11.8 Å². The summed E-state index contributed by atoms with van der Waals surface area (Å²) >= 11 is 2.93. The minimum Gasteiger partial charge on any atom is -0.302 e. The van der Waals surface area contributed by atoms with Gasteiger partial charge in [-0.15, -0.1) is 9.46 Å². The van der Waals surface area contributed by atoms with Crippen molar-refractivity contribution in [3.8, 4) is 11.1 Å². The fraction of sp³-hybridized carbons (Fsp3) is 0.143. The second-order valence-corrected chi connectivity index (χ2v) is 11.4. The first-order valence-electron chi connectivity index (χ1n) is 9.19. The first kappa shape index (κ1) is 25.2. The molecule has 0 saturated carbocycles. The molecule has 0 spiro atoms. The maximum absolute atomic E-state index is 12.3. The van der Waals surface area contributed by atoms with Crippen LogP contribution in [0.2, 0.25) is 0 Å². The van der Waals surface area contributed by atoms with Gasteiger partial charge in [0.2, 0.25) is 0 Å². The van der Waals surface area contributed by atoms with E-state index in [0.29, 0.717) is 20.7 Å². The quantitative estimate of drug-likeness (QED) is 0.202. The zero-order chi connectivity index (χ0) is 23.1. The van der Waals surface area contributed by atoms with Gasteiger partial charge in [-0.1, -0.05) is 70.5 Å². The van der Waals surface area contributed by atoms with Crippen molar-refractivity contribution in [1.82, 2.24) is 0 Å². The van der Waals surface area contributed by atoms with Gasteiger partial charge in [0.25, 0.3) is 0 Å². The second kappa shape index (κ2) is 11.7. The summed E-state index contributed by atoms with van der Waals surface area (Å²) in [6, 6.07) is 20.0. The molecule has 0 aliphatic carbocycles. The van der Waals surface area contributed by atoms with Crippen molar-refractivity contribution in [2.45, 2.75) is 22.6 Å². The number of rotatable bonds is 10. The van der Waals surface area contributed by atoms with E-state index in [1.165, 1.54) is 0 Å². The van der Waals surface area contributed by atoms with Crippen molar-refractivity contribution in [2.24, 2.45) is 0 Å². The highest BCUT2D eigenvalue weighted by Gasteiger charge is 2.29. The average molecular weight is 563 g/mol. The molecule has 1 atom stereocenters. The number of hydrogen-bond acceptors (Lipinski definition) is 5. The van der Waals surface area contributed by atoms with E-state index in [-0.39, 0.29) is 0 Å². The van der Waals surface area contributed by atoms with E-state index in [0.717, 1.165) is 28.0 Å². The van der Waals surface area contributed by atoms with Gasteiger partial charge in [-0.3, -0.25) is 4.57 Å². The Kier molecular flexibility index (Phi) is 9.19. The van der Waals surface area contributed by atoms with Crippen LogP contribution in [-0.4, -0.2) is 8.76 Å². The third-order valence-corrected chi connectivity index (χ3v) is 8.26. The van der Waals surface area contributed by atoms with Crippen LogP contribution >= 0.6 is 35.3 Å². The summed E-state index contributed by atoms with van der Waals surface area (Å²) in [6.45, 7) is 0. The van der Waals surface area contributed by atoms with Gasteiger partial charge in [-0.25, -0.2) is 4.21 Å². The van der Waals surface area contributed by atoms with E-state index >= 15 is 0 Å². The highest BCUT2D eigenvalue weighted by atomic mass is 79.9. The first-order chi connectivity index (χ1) is 15.3. The van der Waals surface area contributed by atoms with Crippen molar-refractivity contribution in [3.63, 3.8) is 0 Å². The molecule has 32 heavy (non-hydrogen) atoms. The van der Waals surface area contributed by atoms with Crippen LogP contribution in [0, 0.1) is 0 Å². The summed E-state index contributed by atoms with van der Waals surface area (Å²) in [6.07, 6.45) is -0.534. The third kappa shape index (κ3) is 6.57. The molecule has 11 heteroatoms. The molecule has 3 aromatic carbocycles. The minimum absolute atomic E-state index is 0.371. The lowest BCUT2D eigenvalue weighted by molar-refractivity contribution is -0.0881. The van der Waals surface area contributed by atoms with E-state index in [2.05, 4.69) is 25.4 Å². The highest BCUT2D eigenvalue weighted by Crippen LogP contribution is 2.53. The summed E-state index contributed by atoms with van der Waals surface area (Å²) in [4.78, 5) is 0.371. The van der Waals surface area contributed by atoms with Crippen LogP contribution in [0.15, 0.2) is 76.1 Å². The monoisotopic (exact) mass is 562 g/mol. The summed E-state index contributed by atoms with van der Waals surface area (Å²) in [5.74, 6) is 1.43. The third-order valence-electron chi connectivity index (χ3n) is 4.57. The molecule has 0 aromatic heterocycles. The van der Waals surface area contributed by atoms with Gasteiger partial charge in [0.05, 0.1) is 11.1 Å². The Morgan fingerprint density at radius 3 is 2.22 bits per heavy atom. The Hall–Kier alpha value is -1.39. The van der Waals surface area contributed by atoms with Crippen LogP contribution in [0.1, 0.15) is 16.7 Å². The van der Waals surface area contributed by atoms with Gasteiger partial charge >= 0.3 is 7.60 Å². The molecule has 1 unspecified atom stereocenters. The maximum atomic E-state index is 12.3. The fourth-order valence-electron chi connectivity index (χ4n) is 3.00. The standard InChI is InChI=1S/C21H18BrF2O5PS2/c22-20-11-16(7-10-18(20)12-30(25,28-23)29-24)14-31-13-15-5-8-17(9-6-15)19-3-1-2-4-21(19)32(26)27/h1-11H,12-14H2,(H,26,27). The molecule has 0 bridgehead atoms.